The zero-order valence-corrected chi connectivity index (χ0v) is 30.0. The summed E-state index contributed by atoms with van der Waals surface area (Å²) >= 11 is 2.71. The van der Waals surface area contributed by atoms with E-state index in [1.165, 1.54) is 52.0 Å². The molecule has 2 aromatic rings. The van der Waals surface area contributed by atoms with Crippen molar-refractivity contribution < 1.29 is 9.16 Å². The summed E-state index contributed by atoms with van der Waals surface area (Å²) in [6.07, 6.45) is 5.52. The van der Waals surface area contributed by atoms with Gasteiger partial charge >= 0.3 is 0 Å². The van der Waals surface area contributed by atoms with E-state index >= 15 is 0 Å². The number of ether oxygens (including phenoxy) is 1. The van der Waals surface area contributed by atoms with Gasteiger partial charge in [-0.3, -0.25) is 4.98 Å². The van der Waals surface area contributed by atoms with Crippen molar-refractivity contribution in [3.8, 4) is 0 Å². The number of aromatic nitrogens is 1. The Hall–Kier alpha value is -0.763. The minimum atomic E-state index is -2.03. The van der Waals surface area contributed by atoms with Gasteiger partial charge in [-0.15, -0.1) is 0 Å². The van der Waals surface area contributed by atoms with Crippen LogP contribution in [0.5, 0.6) is 0 Å². The van der Waals surface area contributed by atoms with Crippen LogP contribution in [0.1, 0.15) is 151 Å². The predicted molar refractivity (Wildman–Crippen MR) is 178 cm³/mol. The van der Waals surface area contributed by atoms with Crippen molar-refractivity contribution in [2.45, 2.75) is 146 Å². The number of hydrogen-bond donors (Lipinski definition) is 0. The lowest BCUT2D eigenvalue weighted by molar-refractivity contribution is -0.0514. The van der Waals surface area contributed by atoms with Crippen molar-refractivity contribution >= 4 is 30.9 Å². The molecule has 3 aliphatic rings. The van der Waals surface area contributed by atoms with Gasteiger partial charge in [0.25, 0.3) is 0 Å². The molecule has 0 bridgehead atoms. The minimum absolute atomic E-state index is 0.0637. The molecule has 1 saturated carbocycles. The monoisotopic (exact) mass is 673 g/mol. The highest BCUT2D eigenvalue weighted by Crippen LogP contribution is 2.62. The molecule has 1 spiro atoms. The molecule has 5 heteroatoms. The van der Waals surface area contributed by atoms with E-state index in [-0.39, 0.29) is 28.3 Å². The predicted octanol–water partition coefficient (Wildman–Crippen LogP) is 10.7. The minimum Gasteiger partial charge on any atom is -0.410 e. The molecule has 5 rings (SSSR count). The Balaban J connectivity index is 1.78. The number of nitrogens with zero attached hydrogens (tertiary/aromatic N) is 1. The van der Waals surface area contributed by atoms with Gasteiger partial charge in [0.2, 0.25) is 0 Å². The van der Waals surface area contributed by atoms with Gasteiger partial charge in [0, 0.05) is 32.0 Å². The molecule has 3 nitrogen and oxygen atoms in total. The van der Waals surface area contributed by atoms with Gasteiger partial charge in [0.05, 0.1) is 6.10 Å². The first-order chi connectivity index (χ1) is 18.5. The first-order valence-electron chi connectivity index (χ1n) is 15.6. The first-order valence-corrected chi connectivity index (χ1v) is 19.8. The second-order valence-electron chi connectivity index (χ2n) is 15.8. The maximum Gasteiger partial charge on any atom is 0.192 e. The molecule has 220 valence electrons. The van der Waals surface area contributed by atoms with E-state index in [1.54, 1.807) is 0 Å². The highest BCUT2D eigenvalue weighted by atomic mass is 127. The number of hydrogen-bond acceptors (Lipinski definition) is 3. The summed E-state index contributed by atoms with van der Waals surface area (Å²) in [5, 5.41) is 0.150. The van der Waals surface area contributed by atoms with Gasteiger partial charge < -0.3 is 9.16 Å². The van der Waals surface area contributed by atoms with Gasteiger partial charge in [-0.05, 0) is 78.6 Å². The third-order valence-electron chi connectivity index (χ3n) is 10.3. The molecular formula is C35H52INO2Si. The Kier molecular flexibility index (Phi) is 8.02. The fourth-order valence-electron chi connectivity index (χ4n) is 7.06. The third kappa shape index (κ3) is 5.17. The van der Waals surface area contributed by atoms with E-state index in [2.05, 4.69) is 122 Å². The Morgan fingerprint density at radius 1 is 1.02 bits per heavy atom. The topological polar surface area (TPSA) is 31.4 Å². The standard InChI is InChI=1S/C35H52INO2Si/c1-21(2)23-14-16-24(17-15-23)32-29-30(35(38-32)18-12-13-27(35)36)28-25(37-31(29)22(3)4)19-34(8,9)20-26(28)39-40(10,11)33(5,6)7/h14-17,21-22,26-27,32H,12-13,18-20H2,1-11H3/t26-,27?,32+,35?/m0/s1. The van der Waals surface area contributed by atoms with Crippen molar-refractivity contribution in [1.29, 1.82) is 0 Å². The van der Waals surface area contributed by atoms with Crippen LogP contribution < -0.4 is 0 Å². The molecule has 1 aliphatic heterocycles. The summed E-state index contributed by atoms with van der Waals surface area (Å²) in [6, 6.07) is 9.24. The van der Waals surface area contributed by atoms with Crippen LogP contribution in [0.15, 0.2) is 24.3 Å². The molecule has 2 unspecified atom stereocenters. The molecule has 40 heavy (non-hydrogen) atoms. The zero-order chi connectivity index (χ0) is 29.4. The summed E-state index contributed by atoms with van der Waals surface area (Å²) in [6.45, 7) is 25.9. The molecule has 0 N–H and O–H groups in total. The van der Waals surface area contributed by atoms with Crippen molar-refractivity contribution in [3.05, 3.63) is 63.5 Å². The van der Waals surface area contributed by atoms with E-state index in [4.69, 9.17) is 14.1 Å². The van der Waals surface area contributed by atoms with Crippen LogP contribution in [0.2, 0.25) is 18.1 Å². The van der Waals surface area contributed by atoms with Crippen LogP contribution >= 0.6 is 22.6 Å². The average molecular weight is 674 g/mol. The Morgan fingerprint density at radius 2 is 1.68 bits per heavy atom. The van der Waals surface area contributed by atoms with Crippen LogP contribution in [-0.2, 0) is 21.2 Å². The zero-order valence-electron chi connectivity index (χ0n) is 26.9. The molecule has 4 atom stereocenters. The highest BCUT2D eigenvalue weighted by Gasteiger charge is 2.57. The smallest absolute Gasteiger partial charge is 0.192 e. The molecule has 1 fully saturated rings. The molecule has 1 aromatic heterocycles. The average Bonchev–Trinajstić information content (AvgIpc) is 3.37. The summed E-state index contributed by atoms with van der Waals surface area (Å²) in [7, 11) is -2.03. The van der Waals surface area contributed by atoms with Gasteiger partial charge in [-0.1, -0.05) is 109 Å². The van der Waals surface area contributed by atoms with E-state index in [0.29, 0.717) is 15.8 Å². The number of pyridine rings is 1. The number of halogens is 1. The SMILES string of the molecule is CC(C)c1ccc([C@H]2OC3(CCCC3I)c3c2c(C(C)C)nc2c3[C@@H](O[Si](C)(C)C(C)(C)C)CC(C)(C)C2)cc1. The maximum atomic E-state index is 7.44. The van der Waals surface area contributed by atoms with Crippen LogP contribution in [-0.4, -0.2) is 17.2 Å². The maximum absolute atomic E-state index is 7.44. The quantitative estimate of drug-likeness (QED) is 0.180. The number of rotatable bonds is 5. The Labute approximate surface area is 258 Å². The summed E-state index contributed by atoms with van der Waals surface area (Å²) in [4.78, 5) is 5.58. The second-order valence-corrected chi connectivity index (χ2v) is 22.0. The summed E-state index contributed by atoms with van der Waals surface area (Å²) in [5.41, 5.74) is 9.25. The lowest BCUT2D eigenvalue weighted by Gasteiger charge is -2.45. The second kappa shape index (κ2) is 10.4. The number of fused-ring (bicyclic) bond motifs is 4. The van der Waals surface area contributed by atoms with E-state index in [9.17, 15) is 0 Å². The normalized spacial score (nSPS) is 28.0. The van der Waals surface area contributed by atoms with Gasteiger partial charge in [0.1, 0.15) is 11.7 Å². The lowest BCUT2D eigenvalue weighted by Crippen LogP contribution is -2.44. The van der Waals surface area contributed by atoms with Crippen molar-refractivity contribution in [3.63, 3.8) is 0 Å². The summed E-state index contributed by atoms with van der Waals surface area (Å²) in [5.74, 6) is 0.844. The Bertz CT molecular complexity index is 1260. The van der Waals surface area contributed by atoms with Crippen LogP contribution in [0.4, 0.5) is 0 Å². The van der Waals surface area contributed by atoms with Crippen LogP contribution in [0, 0.1) is 5.41 Å². The molecule has 1 aromatic carbocycles. The summed E-state index contributed by atoms with van der Waals surface area (Å²) < 4.78 is 15.3. The van der Waals surface area contributed by atoms with Gasteiger partial charge in [-0.25, -0.2) is 0 Å². The number of alkyl halides is 1. The molecule has 0 amide bonds. The molecule has 0 saturated heterocycles. The third-order valence-corrected chi connectivity index (χ3v) is 16.4. The highest BCUT2D eigenvalue weighted by molar-refractivity contribution is 14.1. The van der Waals surface area contributed by atoms with E-state index in [0.717, 1.165) is 19.3 Å². The van der Waals surface area contributed by atoms with Crippen LogP contribution in [0.25, 0.3) is 0 Å². The van der Waals surface area contributed by atoms with Gasteiger partial charge in [-0.2, -0.15) is 0 Å². The van der Waals surface area contributed by atoms with Gasteiger partial charge in [0.15, 0.2) is 8.32 Å². The van der Waals surface area contributed by atoms with Crippen molar-refractivity contribution in [2.75, 3.05) is 0 Å². The fourth-order valence-corrected chi connectivity index (χ4v) is 9.53. The molecular weight excluding hydrogens is 621 g/mol. The molecule has 0 radical (unpaired) electrons. The largest absolute Gasteiger partial charge is 0.410 e. The lowest BCUT2D eigenvalue weighted by atomic mass is 9.70. The number of benzene rings is 1. The molecule has 2 heterocycles. The van der Waals surface area contributed by atoms with E-state index < -0.39 is 8.32 Å². The molecule has 2 aliphatic carbocycles. The van der Waals surface area contributed by atoms with Crippen molar-refractivity contribution in [1.82, 2.24) is 4.98 Å². The van der Waals surface area contributed by atoms with Crippen molar-refractivity contribution in [2.24, 2.45) is 5.41 Å². The fraction of sp³-hybridized carbons (Fsp3) is 0.686. The first kappa shape index (κ1) is 30.7. The Morgan fingerprint density at radius 3 is 2.20 bits per heavy atom. The van der Waals surface area contributed by atoms with Crippen LogP contribution in [0.3, 0.4) is 0 Å². The van der Waals surface area contributed by atoms with E-state index in [1.807, 2.05) is 0 Å².